The third-order valence-electron chi connectivity index (χ3n) is 3.09. The monoisotopic (exact) mass is 160 g/mol. The van der Waals surface area contributed by atoms with Gasteiger partial charge in [0.2, 0.25) is 0 Å². The van der Waals surface area contributed by atoms with E-state index >= 15 is 0 Å². The van der Waals surface area contributed by atoms with E-state index in [-0.39, 0.29) is 0 Å². The second kappa shape index (κ2) is 2.93. The predicted molar refractivity (Wildman–Crippen MR) is 52.4 cm³/mol. The summed E-state index contributed by atoms with van der Waals surface area (Å²) in [6.45, 7) is 4.53. The fourth-order valence-electron chi connectivity index (χ4n) is 2.21. The first-order valence-corrected chi connectivity index (χ1v) is 4.88. The summed E-state index contributed by atoms with van der Waals surface area (Å²) in [5.74, 6) is 0.918. The Balaban J connectivity index is 2.35. The molecule has 0 heteroatoms. The van der Waals surface area contributed by atoms with Crippen molar-refractivity contribution in [3.05, 3.63) is 34.9 Å². The smallest absolute Gasteiger partial charge is 0.0242 e. The minimum absolute atomic E-state index is 0.918. The summed E-state index contributed by atoms with van der Waals surface area (Å²) in [6.07, 6.45) is 3.96. The molecule has 0 saturated carbocycles. The Morgan fingerprint density at radius 2 is 2.17 bits per heavy atom. The third kappa shape index (κ3) is 1.16. The van der Waals surface area contributed by atoms with E-state index in [0.29, 0.717) is 0 Å². The predicted octanol–water partition coefficient (Wildman–Crippen LogP) is 3.12. The molecule has 0 N–H and O–H groups in total. The molecule has 2 rings (SSSR count). The average Bonchev–Trinajstić information content (AvgIpc) is 2.49. The van der Waals surface area contributed by atoms with Crippen molar-refractivity contribution in [1.82, 2.24) is 0 Å². The third-order valence-corrected chi connectivity index (χ3v) is 3.09. The summed E-state index contributed by atoms with van der Waals surface area (Å²) in [7, 11) is 0. The van der Waals surface area contributed by atoms with Crippen LogP contribution in [0.3, 0.4) is 0 Å². The maximum absolute atomic E-state index is 2.30. The molecule has 1 aliphatic rings. The molecule has 0 heterocycles. The maximum atomic E-state index is 2.30. The quantitative estimate of drug-likeness (QED) is 0.592. The van der Waals surface area contributed by atoms with E-state index in [0.717, 1.165) is 5.92 Å². The van der Waals surface area contributed by atoms with Crippen molar-refractivity contribution in [1.29, 1.82) is 0 Å². The van der Waals surface area contributed by atoms with E-state index in [1.54, 1.807) is 11.1 Å². The molecule has 0 aromatic heterocycles. The first-order valence-electron chi connectivity index (χ1n) is 4.88. The van der Waals surface area contributed by atoms with Crippen LogP contribution in [0, 0.1) is 12.8 Å². The van der Waals surface area contributed by atoms with Gasteiger partial charge in [0.1, 0.15) is 0 Å². The van der Waals surface area contributed by atoms with E-state index in [9.17, 15) is 0 Å². The van der Waals surface area contributed by atoms with Gasteiger partial charge < -0.3 is 0 Å². The zero-order valence-corrected chi connectivity index (χ0v) is 7.93. The van der Waals surface area contributed by atoms with Crippen molar-refractivity contribution in [2.75, 3.05) is 0 Å². The summed E-state index contributed by atoms with van der Waals surface area (Å²) in [5, 5.41) is 0. The van der Waals surface area contributed by atoms with E-state index in [4.69, 9.17) is 0 Å². The fourth-order valence-corrected chi connectivity index (χ4v) is 2.21. The Kier molecular flexibility index (Phi) is 1.92. The Bertz CT molecular complexity index is 286. The summed E-state index contributed by atoms with van der Waals surface area (Å²) in [6, 6.07) is 6.71. The number of rotatable bonds is 1. The Morgan fingerprint density at radius 1 is 1.33 bits per heavy atom. The van der Waals surface area contributed by atoms with E-state index in [1.165, 1.54) is 24.8 Å². The van der Waals surface area contributed by atoms with Gasteiger partial charge in [-0.1, -0.05) is 31.5 Å². The normalized spacial score (nSPS) is 21.0. The Hall–Kier alpha value is -0.780. The molecule has 0 fully saturated rings. The molecule has 0 amide bonds. The van der Waals surface area contributed by atoms with E-state index in [2.05, 4.69) is 32.0 Å². The van der Waals surface area contributed by atoms with E-state index in [1.807, 2.05) is 0 Å². The Morgan fingerprint density at radius 3 is 2.83 bits per heavy atom. The summed E-state index contributed by atoms with van der Waals surface area (Å²) in [5.41, 5.74) is 4.72. The number of aryl methyl sites for hydroxylation is 1. The van der Waals surface area contributed by atoms with Gasteiger partial charge in [-0.3, -0.25) is 0 Å². The molecule has 0 bridgehead atoms. The highest BCUT2D eigenvalue weighted by molar-refractivity contribution is 5.38. The van der Waals surface area contributed by atoms with Crippen LogP contribution in [0.4, 0.5) is 0 Å². The second-order valence-corrected chi connectivity index (χ2v) is 3.90. The average molecular weight is 160 g/mol. The number of fused-ring (bicyclic) bond motifs is 1. The lowest BCUT2D eigenvalue weighted by Crippen LogP contribution is -1.95. The highest BCUT2D eigenvalue weighted by atomic mass is 14.2. The van der Waals surface area contributed by atoms with Crippen molar-refractivity contribution >= 4 is 0 Å². The van der Waals surface area contributed by atoms with Gasteiger partial charge in [-0.05, 0) is 42.4 Å². The largest absolute Gasteiger partial charge is 0.0651 e. The maximum Gasteiger partial charge on any atom is -0.0242 e. The summed E-state index contributed by atoms with van der Waals surface area (Å²) in [4.78, 5) is 0. The highest BCUT2D eigenvalue weighted by Crippen LogP contribution is 2.30. The van der Waals surface area contributed by atoms with Crippen LogP contribution in [0.2, 0.25) is 0 Å². The van der Waals surface area contributed by atoms with Crippen molar-refractivity contribution in [2.24, 2.45) is 5.92 Å². The molecule has 1 atom stereocenters. The van der Waals surface area contributed by atoms with Crippen molar-refractivity contribution in [3.63, 3.8) is 0 Å². The van der Waals surface area contributed by atoms with Crippen LogP contribution >= 0.6 is 0 Å². The minimum Gasteiger partial charge on any atom is -0.0651 e. The molecule has 0 saturated heterocycles. The van der Waals surface area contributed by atoms with Gasteiger partial charge in [-0.15, -0.1) is 0 Å². The first kappa shape index (κ1) is 7.85. The number of benzene rings is 1. The van der Waals surface area contributed by atoms with Gasteiger partial charge >= 0.3 is 0 Å². The SMILES string of the molecule is CCC1Cc2cccc(C)c2C1. The lowest BCUT2D eigenvalue weighted by Gasteiger charge is -2.02. The van der Waals surface area contributed by atoms with Crippen molar-refractivity contribution in [2.45, 2.75) is 33.1 Å². The topological polar surface area (TPSA) is 0 Å². The molecule has 1 aliphatic carbocycles. The van der Waals surface area contributed by atoms with Gasteiger partial charge in [0.05, 0.1) is 0 Å². The molecule has 0 spiro atoms. The molecule has 1 aromatic carbocycles. The van der Waals surface area contributed by atoms with Crippen LogP contribution in [0.15, 0.2) is 18.2 Å². The lowest BCUT2D eigenvalue weighted by atomic mass is 10.0. The molecule has 0 aliphatic heterocycles. The van der Waals surface area contributed by atoms with Gasteiger partial charge in [-0.25, -0.2) is 0 Å². The van der Waals surface area contributed by atoms with Gasteiger partial charge in [0.15, 0.2) is 0 Å². The minimum atomic E-state index is 0.918. The van der Waals surface area contributed by atoms with Gasteiger partial charge in [-0.2, -0.15) is 0 Å². The lowest BCUT2D eigenvalue weighted by molar-refractivity contribution is 0.542. The molecular formula is C12H16. The molecule has 1 unspecified atom stereocenters. The summed E-state index contributed by atoms with van der Waals surface area (Å²) < 4.78 is 0. The molecule has 64 valence electrons. The first-order chi connectivity index (χ1) is 5.81. The van der Waals surface area contributed by atoms with Crippen LogP contribution in [0.25, 0.3) is 0 Å². The van der Waals surface area contributed by atoms with Crippen molar-refractivity contribution < 1.29 is 0 Å². The zero-order valence-electron chi connectivity index (χ0n) is 7.93. The van der Waals surface area contributed by atoms with Crippen LogP contribution < -0.4 is 0 Å². The molecule has 0 radical (unpaired) electrons. The van der Waals surface area contributed by atoms with Crippen molar-refractivity contribution in [3.8, 4) is 0 Å². The zero-order chi connectivity index (χ0) is 8.55. The van der Waals surface area contributed by atoms with Crippen LogP contribution in [0.1, 0.15) is 30.0 Å². The van der Waals surface area contributed by atoms with Crippen LogP contribution in [-0.2, 0) is 12.8 Å². The fraction of sp³-hybridized carbons (Fsp3) is 0.500. The standard InChI is InChI=1S/C12H16/c1-3-10-7-11-6-4-5-9(2)12(11)8-10/h4-6,10H,3,7-8H2,1-2H3. The van der Waals surface area contributed by atoms with E-state index < -0.39 is 0 Å². The molecule has 0 nitrogen and oxygen atoms in total. The van der Waals surface area contributed by atoms with Gasteiger partial charge in [0, 0.05) is 0 Å². The highest BCUT2D eigenvalue weighted by Gasteiger charge is 2.20. The molecule has 1 aromatic rings. The van der Waals surface area contributed by atoms with Crippen LogP contribution in [0.5, 0.6) is 0 Å². The molecule has 12 heavy (non-hydrogen) atoms. The number of hydrogen-bond acceptors (Lipinski definition) is 0. The Labute approximate surface area is 74.6 Å². The summed E-state index contributed by atoms with van der Waals surface area (Å²) >= 11 is 0. The van der Waals surface area contributed by atoms with Crippen LogP contribution in [-0.4, -0.2) is 0 Å². The second-order valence-electron chi connectivity index (χ2n) is 3.90. The molecular weight excluding hydrogens is 144 g/mol. The van der Waals surface area contributed by atoms with Gasteiger partial charge in [0.25, 0.3) is 0 Å². The number of hydrogen-bond donors (Lipinski definition) is 0.